The average molecular weight is 528 g/mol. The van der Waals surface area contributed by atoms with Gasteiger partial charge in [0.1, 0.15) is 11.0 Å². The lowest BCUT2D eigenvalue weighted by atomic mass is 9.58. The van der Waals surface area contributed by atoms with Crippen LogP contribution in [0.15, 0.2) is 97.1 Å². The first kappa shape index (κ1) is 22.8. The average Bonchev–Trinajstić information content (AvgIpc) is 3.50. The lowest BCUT2D eigenvalue weighted by Crippen LogP contribution is -2.56. The maximum Gasteiger partial charge on any atom is 0.180 e. The molecule has 2 atom stereocenters. The third kappa shape index (κ3) is 2.55. The number of benzene rings is 4. The highest BCUT2D eigenvalue weighted by Gasteiger charge is 2.77. The van der Waals surface area contributed by atoms with Gasteiger partial charge < -0.3 is 0 Å². The fraction of sp³-hybridized carbons (Fsp3) is 0.152. The Labute approximate surface area is 230 Å². The molecule has 5 aromatic rings. The van der Waals surface area contributed by atoms with E-state index in [4.69, 9.17) is 21.6 Å². The molecule has 4 aromatic carbocycles. The number of halogens is 1. The van der Waals surface area contributed by atoms with Gasteiger partial charge in [0.15, 0.2) is 11.6 Å². The van der Waals surface area contributed by atoms with E-state index in [1.54, 1.807) is 12.1 Å². The Bertz CT molecular complexity index is 1850. The van der Waals surface area contributed by atoms with Gasteiger partial charge in [0, 0.05) is 34.2 Å². The Hall–Kier alpha value is -4.19. The molecule has 2 spiro atoms. The van der Waals surface area contributed by atoms with E-state index in [0.717, 1.165) is 33.4 Å². The predicted octanol–water partition coefficient (Wildman–Crippen LogP) is 6.30. The number of para-hydroxylation sites is 2. The summed E-state index contributed by atoms with van der Waals surface area (Å²) in [4.78, 5) is 42.4. The van der Waals surface area contributed by atoms with Crippen molar-refractivity contribution in [2.24, 2.45) is 5.41 Å². The van der Waals surface area contributed by atoms with Crippen molar-refractivity contribution in [3.8, 4) is 11.3 Å². The highest BCUT2D eigenvalue weighted by atomic mass is 35.5. The summed E-state index contributed by atoms with van der Waals surface area (Å²) in [5, 5.41) is 0.607. The normalized spacial score (nSPS) is 22.6. The molecule has 1 aliphatic heterocycles. The molecule has 8 rings (SSSR count). The third-order valence-corrected chi connectivity index (χ3v) is 9.26. The zero-order valence-corrected chi connectivity index (χ0v) is 21.8. The van der Waals surface area contributed by atoms with Crippen molar-refractivity contribution in [3.05, 3.63) is 130 Å². The van der Waals surface area contributed by atoms with E-state index in [0.29, 0.717) is 28.4 Å². The van der Waals surface area contributed by atoms with Crippen molar-refractivity contribution in [1.29, 1.82) is 0 Å². The molecule has 2 aliphatic carbocycles. The number of likely N-dealkylation sites (tertiary alicyclic amines) is 1. The van der Waals surface area contributed by atoms with Crippen LogP contribution in [-0.4, -0.2) is 40.0 Å². The summed E-state index contributed by atoms with van der Waals surface area (Å²) in [5.74, 6) is -0.755. The second-order valence-corrected chi connectivity index (χ2v) is 11.1. The van der Waals surface area contributed by atoms with Gasteiger partial charge in [-0.3, -0.25) is 14.5 Å². The number of nitrogens with zero attached hydrogens (tertiary/aromatic N) is 3. The van der Waals surface area contributed by atoms with Crippen LogP contribution in [0.2, 0.25) is 5.02 Å². The summed E-state index contributed by atoms with van der Waals surface area (Å²) in [6.07, 6.45) is 0. The molecule has 3 aliphatic rings. The first-order valence-corrected chi connectivity index (χ1v) is 13.4. The molecule has 0 N–H and O–H groups in total. The quantitative estimate of drug-likeness (QED) is 0.239. The number of hydrogen-bond donors (Lipinski definition) is 0. The van der Waals surface area contributed by atoms with E-state index < -0.39 is 16.9 Å². The van der Waals surface area contributed by atoms with E-state index >= 15 is 0 Å². The van der Waals surface area contributed by atoms with Gasteiger partial charge in [0.2, 0.25) is 0 Å². The molecule has 0 bridgehead atoms. The monoisotopic (exact) mass is 527 g/mol. The SMILES string of the molecule is CN1C[C@H](c2ccc(Cl)cc2)C2(C(=O)c3ccccc3C2=O)[C@@]12c1ccccc1-c1nc3ccccc3nc12. The fourth-order valence-electron chi connectivity index (χ4n) is 7.56. The first-order chi connectivity index (χ1) is 19.0. The molecule has 2 heterocycles. The summed E-state index contributed by atoms with van der Waals surface area (Å²) in [7, 11) is 2.00. The van der Waals surface area contributed by atoms with E-state index in [2.05, 4.69) is 4.90 Å². The second kappa shape index (κ2) is 7.69. The summed E-state index contributed by atoms with van der Waals surface area (Å²) >= 11 is 6.28. The van der Waals surface area contributed by atoms with Crippen molar-refractivity contribution in [3.63, 3.8) is 0 Å². The number of hydrogen-bond acceptors (Lipinski definition) is 5. The van der Waals surface area contributed by atoms with Crippen molar-refractivity contribution in [2.75, 3.05) is 13.6 Å². The van der Waals surface area contributed by atoms with Gasteiger partial charge in [-0.2, -0.15) is 0 Å². The van der Waals surface area contributed by atoms with Crippen LogP contribution in [0.1, 0.15) is 43.5 Å². The molecule has 1 saturated heterocycles. The number of aromatic nitrogens is 2. The topological polar surface area (TPSA) is 63.2 Å². The molecular formula is C33H22ClN3O2. The molecule has 0 saturated carbocycles. The van der Waals surface area contributed by atoms with E-state index in [9.17, 15) is 9.59 Å². The fourth-order valence-corrected chi connectivity index (χ4v) is 7.69. The Morgan fingerprint density at radius 1 is 0.744 bits per heavy atom. The van der Waals surface area contributed by atoms with Crippen LogP contribution in [0.25, 0.3) is 22.3 Å². The van der Waals surface area contributed by atoms with Crippen LogP contribution in [0.4, 0.5) is 0 Å². The Morgan fingerprint density at radius 3 is 1.97 bits per heavy atom. The third-order valence-electron chi connectivity index (χ3n) is 9.01. The minimum atomic E-state index is -1.47. The molecule has 1 aromatic heterocycles. The summed E-state index contributed by atoms with van der Waals surface area (Å²) in [6, 6.07) is 30.5. The van der Waals surface area contributed by atoms with Gasteiger partial charge in [-0.1, -0.05) is 84.4 Å². The Kier molecular flexibility index (Phi) is 4.49. The maximum atomic E-state index is 15.0. The smallest absolute Gasteiger partial charge is 0.180 e. The molecule has 0 unspecified atom stereocenters. The standard InChI is InChI=1S/C33H22ClN3O2/c1-37-18-25(19-14-16-20(34)17-15-19)32(30(38)21-8-2-3-9-22(21)31(32)39)33(37)24-11-5-4-10-23(24)28-29(33)36-27-13-7-6-12-26(27)35-28/h2-17,25H,18H2,1H3/t25-,33+/m1/s1. The van der Waals surface area contributed by atoms with Crippen molar-refractivity contribution >= 4 is 34.2 Å². The number of fused-ring (bicyclic) bond motifs is 8. The molecule has 0 radical (unpaired) electrons. The van der Waals surface area contributed by atoms with Crippen LogP contribution >= 0.6 is 11.6 Å². The summed E-state index contributed by atoms with van der Waals surface area (Å²) < 4.78 is 0. The van der Waals surface area contributed by atoms with E-state index in [1.165, 1.54) is 0 Å². The Morgan fingerprint density at radius 2 is 1.31 bits per heavy atom. The largest absolute Gasteiger partial charge is 0.293 e. The molecule has 188 valence electrons. The highest BCUT2D eigenvalue weighted by Crippen LogP contribution is 2.69. The lowest BCUT2D eigenvalue weighted by molar-refractivity contribution is 0.0462. The lowest BCUT2D eigenvalue weighted by Gasteiger charge is -2.44. The van der Waals surface area contributed by atoms with Gasteiger partial charge in [-0.15, -0.1) is 0 Å². The predicted molar refractivity (Wildman–Crippen MR) is 150 cm³/mol. The Balaban J connectivity index is 1.54. The molecule has 5 nitrogen and oxygen atoms in total. The number of carbonyl (C=O) groups excluding carboxylic acids is 2. The molecule has 39 heavy (non-hydrogen) atoms. The second-order valence-electron chi connectivity index (χ2n) is 10.7. The zero-order chi connectivity index (χ0) is 26.5. The van der Waals surface area contributed by atoms with Gasteiger partial charge in [0.25, 0.3) is 0 Å². The van der Waals surface area contributed by atoms with E-state index in [1.807, 2.05) is 92.0 Å². The van der Waals surface area contributed by atoms with E-state index in [-0.39, 0.29) is 11.6 Å². The maximum absolute atomic E-state index is 15.0. The van der Waals surface area contributed by atoms with Gasteiger partial charge in [-0.05, 0) is 42.4 Å². The molecule has 0 amide bonds. The van der Waals surface area contributed by atoms with Crippen LogP contribution in [-0.2, 0) is 5.54 Å². The number of ketones is 2. The molecule has 1 fully saturated rings. The van der Waals surface area contributed by atoms with Crippen molar-refractivity contribution in [1.82, 2.24) is 14.9 Å². The van der Waals surface area contributed by atoms with Crippen molar-refractivity contribution < 1.29 is 9.59 Å². The van der Waals surface area contributed by atoms with Gasteiger partial charge in [0.05, 0.1) is 22.4 Å². The molecular weight excluding hydrogens is 506 g/mol. The van der Waals surface area contributed by atoms with Crippen LogP contribution in [0.3, 0.4) is 0 Å². The summed E-state index contributed by atoms with van der Waals surface area (Å²) in [6.45, 7) is 0.482. The van der Waals surface area contributed by atoms with Crippen LogP contribution in [0, 0.1) is 5.41 Å². The summed E-state index contributed by atoms with van der Waals surface area (Å²) in [5.41, 5.74) is 3.92. The number of likely N-dealkylation sites (N-methyl/N-ethyl adjacent to an activating group) is 1. The number of Topliss-reactive ketones (excluding diaryl/α,β-unsaturated/α-hetero) is 2. The first-order valence-electron chi connectivity index (χ1n) is 13.0. The zero-order valence-electron chi connectivity index (χ0n) is 21.1. The van der Waals surface area contributed by atoms with Crippen molar-refractivity contribution in [2.45, 2.75) is 11.5 Å². The minimum absolute atomic E-state index is 0.162. The van der Waals surface area contributed by atoms with Gasteiger partial charge >= 0.3 is 0 Å². The minimum Gasteiger partial charge on any atom is -0.293 e. The number of rotatable bonds is 1. The molecule has 6 heteroatoms. The van der Waals surface area contributed by atoms with Gasteiger partial charge in [-0.25, -0.2) is 9.97 Å². The van der Waals surface area contributed by atoms with Crippen LogP contribution < -0.4 is 0 Å². The number of carbonyl (C=O) groups is 2. The highest BCUT2D eigenvalue weighted by molar-refractivity contribution is 6.32. The van der Waals surface area contributed by atoms with Crippen LogP contribution in [0.5, 0.6) is 0 Å².